The number of halogens is 3. The number of carboxylic acids is 1. The highest BCUT2D eigenvalue weighted by atomic mass is 28.3. The van der Waals surface area contributed by atoms with Crippen LogP contribution in [0.1, 0.15) is 18.4 Å². The second-order valence-electron chi connectivity index (χ2n) is 6.98. The number of rotatable bonds is 9. The molecule has 0 unspecified atom stereocenters. The molecule has 1 aromatic carbocycles. The van der Waals surface area contributed by atoms with Gasteiger partial charge in [0, 0.05) is 21.1 Å². The molecule has 0 saturated heterocycles. The molecule has 0 aliphatic rings. The van der Waals surface area contributed by atoms with E-state index in [1.54, 1.807) is 0 Å². The zero-order valence-electron chi connectivity index (χ0n) is 15.8. The lowest BCUT2D eigenvalue weighted by atomic mass is 10.2. The van der Waals surface area contributed by atoms with Gasteiger partial charge in [-0.15, -0.1) is 0 Å². The summed E-state index contributed by atoms with van der Waals surface area (Å²) < 4.78 is 42.5. The Morgan fingerprint density at radius 1 is 1.07 bits per heavy atom. The summed E-state index contributed by atoms with van der Waals surface area (Å²) in [6.45, 7) is 8.59. The van der Waals surface area contributed by atoms with Crippen molar-refractivity contribution in [2.24, 2.45) is 0 Å². The molecular formula is C18H27F3O5Si. The highest BCUT2D eigenvalue weighted by Crippen LogP contribution is 2.13. The topological polar surface area (TPSA) is 72.8 Å². The van der Waals surface area contributed by atoms with Gasteiger partial charge in [0.1, 0.15) is 0 Å². The summed E-state index contributed by atoms with van der Waals surface area (Å²) in [4.78, 5) is 20.4. The third kappa shape index (κ3) is 16.1. The van der Waals surface area contributed by atoms with Crippen LogP contribution in [0.3, 0.4) is 0 Å². The first kappa shape index (κ1) is 25.1. The standard InChI is InChI=1S/C16H26O3Si.C2HF3O2/c1-20(2,3)13-12-19-16(17)10-7-11-18-14-15-8-5-4-6-9-15;3-2(4,5)1(6)7/h4-6,8-9H,7,10-14H2,1-3H3;(H,6,7). The van der Waals surface area contributed by atoms with Crippen molar-refractivity contribution in [2.75, 3.05) is 13.2 Å². The zero-order valence-corrected chi connectivity index (χ0v) is 16.8. The molecule has 1 aromatic rings. The van der Waals surface area contributed by atoms with E-state index in [2.05, 4.69) is 19.6 Å². The van der Waals surface area contributed by atoms with Gasteiger partial charge in [0.05, 0.1) is 13.2 Å². The molecule has 0 spiro atoms. The third-order valence-electron chi connectivity index (χ3n) is 3.14. The van der Waals surface area contributed by atoms with Gasteiger partial charge in [-0.1, -0.05) is 50.0 Å². The highest BCUT2D eigenvalue weighted by Gasteiger charge is 2.38. The fourth-order valence-corrected chi connectivity index (χ4v) is 2.34. The van der Waals surface area contributed by atoms with Crippen LogP contribution in [-0.4, -0.2) is 44.5 Å². The second-order valence-corrected chi connectivity index (χ2v) is 12.6. The monoisotopic (exact) mass is 408 g/mol. The molecule has 0 heterocycles. The summed E-state index contributed by atoms with van der Waals surface area (Å²) in [6.07, 6.45) is -3.92. The molecule has 27 heavy (non-hydrogen) atoms. The summed E-state index contributed by atoms with van der Waals surface area (Å²) in [6, 6.07) is 11.1. The summed E-state index contributed by atoms with van der Waals surface area (Å²) in [5.74, 6) is -2.86. The van der Waals surface area contributed by atoms with Crippen molar-refractivity contribution in [1.82, 2.24) is 0 Å². The van der Waals surface area contributed by atoms with Crippen LogP contribution in [0.4, 0.5) is 13.2 Å². The first-order valence-corrected chi connectivity index (χ1v) is 12.2. The fraction of sp³-hybridized carbons (Fsp3) is 0.556. The van der Waals surface area contributed by atoms with Crippen molar-refractivity contribution in [2.45, 2.75) is 51.3 Å². The number of aliphatic carboxylic acids is 1. The van der Waals surface area contributed by atoms with Gasteiger partial charge in [0.2, 0.25) is 0 Å². The van der Waals surface area contributed by atoms with Gasteiger partial charge < -0.3 is 14.6 Å². The summed E-state index contributed by atoms with van der Waals surface area (Å²) in [5, 5.41) is 7.12. The zero-order chi connectivity index (χ0) is 20.9. The molecule has 0 bridgehead atoms. The van der Waals surface area contributed by atoms with Crippen LogP contribution in [0, 0.1) is 0 Å². The van der Waals surface area contributed by atoms with Crippen molar-refractivity contribution in [3.63, 3.8) is 0 Å². The van der Waals surface area contributed by atoms with Crippen LogP contribution < -0.4 is 0 Å². The maximum absolute atomic E-state index is 11.5. The molecular weight excluding hydrogens is 381 g/mol. The summed E-state index contributed by atoms with van der Waals surface area (Å²) in [5.41, 5.74) is 1.16. The fourth-order valence-electron chi connectivity index (χ4n) is 1.63. The summed E-state index contributed by atoms with van der Waals surface area (Å²) >= 11 is 0. The number of hydrogen-bond acceptors (Lipinski definition) is 4. The third-order valence-corrected chi connectivity index (χ3v) is 4.84. The van der Waals surface area contributed by atoms with E-state index in [9.17, 15) is 18.0 Å². The van der Waals surface area contributed by atoms with Crippen molar-refractivity contribution in [1.29, 1.82) is 0 Å². The van der Waals surface area contributed by atoms with E-state index < -0.39 is 20.2 Å². The molecule has 0 fully saturated rings. The number of carboxylic acid groups (broad SMARTS) is 1. The van der Waals surface area contributed by atoms with Crippen LogP contribution in [0.15, 0.2) is 30.3 Å². The van der Waals surface area contributed by atoms with E-state index in [1.165, 1.54) is 0 Å². The maximum atomic E-state index is 11.5. The van der Waals surface area contributed by atoms with Crippen molar-refractivity contribution >= 4 is 20.0 Å². The van der Waals surface area contributed by atoms with Crippen LogP contribution in [0.2, 0.25) is 25.7 Å². The Morgan fingerprint density at radius 2 is 1.63 bits per heavy atom. The smallest absolute Gasteiger partial charge is 0.475 e. The molecule has 0 saturated carbocycles. The molecule has 154 valence electrons. The van der Waals surface area contributed by atoms with E-state index in [4.69, 9.17) is 19.4 Å². The highest BCUT2D eigenvalue weighted by molar-refractivity contribution is 6.76. The predicted molar refractivity (Wildman–Crippen MR) is 98.1 cm³/mol. The van der Waals surface area contributed by atoms with Gasteiger partial charge in [-0.05, 0) is 18.0 Å². The molecule has 0 aromatic heterocycles. The largest absolute Gasteiger partial charge is 0.490 e. The van der Waals surface area contributed by atoms with Gasteiger partial charge in [0.25, 0.3) is 0 Å². The van der Waals surface area contributed by atoms with Crippen molar-refractivity contribution in [3.05, 3.63) is 35.9 Å². The second kappa shape index (κ2) is 12.5. The van der Waals surface area contributed by atoms with Gasteiger partial charge in [-0.2, -0.15) is 13.2 Å². The van der Waals surface area contributed by atoms with E-state index >= 15 is 0 Å². The Kier molecular flexibility index (Phi) is 11.6. The van der Waals surface area contributed by atoms with E-state index in [0.29, 0.717) is 26.2 Å². The van der Waals surface area contributed by atoms with Gasteiger partial charge in [-0.3, -0.25) is 4.79 Å². The lowest BCUT2D eigenvalue weighted by Gasteiger charge is -2.15. The van der Waals surface area contributed by atoms with Gasteiger partial charge >= 0.3 is 18.1 Å². The van der Waals surface area contributed by atoms with Gasteiger partial charge in [-0.25, -0.2) is 4.79 Å². The number of benzene rings is 1. The first-order valence-electron chi connectivity index (χ1n) is 8.49. The number of carbonyl (C=O) groups is 2. The molecule has 1 N–H and O–H groups in total. The first-order chi connectivity index (χ1) is 12.4. The van der Waals surface area contributed by atoms with E-state index in [1.807, 2.05) is 30.3 Å². The molecule has 1 rings (SSSR count). The molecule has 0 amide bonds. The van der Waals surface area contributed by atoms with E-state index in [0.717, 1.165) is 18.0 Å². The SMILES string of the molecule is C[Si](C)(C)CCOC(=O)CCCOCc1ccccc1.O=C(O)C(F)(F)F. The Morgan fingerprint density at radius 3 is 2.11 bits per heavy atom. The lowest BCUT2D eigenvalue weighted by molar-refractivity contribution is -0.192. The Labute approximate surface area is 158 Å². The Balaban J connectivity index is 0.000000821. The number of ether oxygens (including phenoxy) is 2. The van der Waals surface area contributed by atoms with Crippen LogP contribution in [-0.2, 0) is 25.7 Å². The molecule has 9 heteroatoms. The number of carbonyl (C=O) groups excluding carboxylic acids is 1. The molecule has 5 nitrogen and oxygen atoms in total. The average molecular weight is 408 g/mol. The Hall–Kier alpha value is -1.87. The lowest BCUT2D eigenvalue weighted by Crippen LogP contribution is -2.22. The minimum Gasteiger partial charge on any atom is -0.475 e. The molecule has 0 aliphatic heterocycles. The van der Waals surface area contributed by atoms with Crippen LogP contribution in [0.25, 0.3) is 0 Å². The minimum absolute atomic E-state index is 0.105. The van der Waals surface area contributed by atoms with E-state index in [-0.39, 0.29) is 5.97 Å². The Bertz CT molecular complexity index is 556. The maximum Gasteiger partial charge on any atom is 0.490 e. The number of alkyl halides is 3. The summed E-state index contributed by atoms with van der Waals surface area (Å²) in [7, 11) is -1.11. The average Bonchev–Trinajstić information content (AvgIpc) is 2.54. The van der Waals surface area contributed by atoms with Gasteiger partial charge in [0.15, 0.2) is 0 Å². The minimum atomic E-state index is -5.08. The quantitative estimate of drug-likeness (QED) is 0.370. The molecule has 0 radical (unpaired) electrons. The van der Waals surface area contributed by atoms with Crippen LogP contribution in [0.5, 0.6) is 0 Å². The number of esters is 1. The van der Waals surface area contributed by atoms with Crippen molar-refractivity contribution < 1.29 is 37.3 Å². The number of hydrogen-bond donors (Lipinski definition) is 1. The molecule has 0 atom stereocenters. The normalized spacial score (nSPS) is 11.3. The van der Waals surface area contributed by atoms with Crippen molar-refractivity contribution in [3.8, 4) is 0 Å². The predicted octanol–water partition coefficient (Wildman–Crippen LogP) is 4.50. The molecule has 0 aliphatic carbocycles. The van der Waals surface area contributed by atoms with Crippen LogP contribution >= 0.6 is 0 Å².